The number of rotatable bonds is 4. The molecule has 1 aliphatic heterocycles. The molecule has 3 heteroatoms. The van der Waals surface area contributed by atoms with Crippen molar-refractivity contribution in [2.24, 2.45) is 5.92 Å². The van der Waals surface area contributed by atoms with Gasteiger partial charge in [-0.1, -0.05) is 31.9 Å². The van der Waals surface area contributed by atoms with Crippen LogP contribution in [0.15, 0.2) is 12.2 Å². The monoisotopic (exact) mass is 182 g/mol. The quantitative estimate of drug-likeness (QED) is 0.288. The summed E-state index contributed by atoms with van der Waals surface area (Å²) in [6, 6.07) is 0. The zero-order chi connectivity index (χ0) is 9.68. The van der Waals surface area contributed by atoms with Gasteiger partial charge in [-0.15, -0.1) is 0 Å². The van der Waals surface area contributed by atoms with Crippen LogP contribution in [0.1, 0.15) is 32.6 Å². The number of carbonyl (C=O) groups excluding carboxylic acids is 2. The molecule has 0 radical (unpaired) electrons. The molecule has 0 aliphatic carbocycles. The van der Waals surface area contributed by atoms with Gasteiger partial charge < -0.3 is 4.74 Å². The molecule has 1 saturated heterocycles. The lowest BCUT2D eigenvalue weighted by Gasteiger charge is -1.94. The minimum absolute atomic E-state index is 0.210. The van der Waals surface area contributed by atoms with Crippen LogP contribution in [-0.4, -0.2) is 11.9 Å². The van der Waals surface area contributed by atoms with Crippen molar-refractivity contribution in [2.45, 2.75) is 32.6 Å². The van der Waals surface area contributed by atoms with E-state index in [0.717, 1.165) is 19.3 Å². The number of esters is 2. The van der Waals surface area contributed by atoms with Gasteiger partial charge in [0, 0.05) is 0 Å². The molecule has 0 aromatic carbocycles. The van der Waals surface area contributed by atoms with Gasteiger partial charge in [0.25, 0.3) is 0 Å². The van der Waals surface area contributed by atoms with Gasteiger partial charge in [0.05, 0.1) is 12.3 Å². The highest BCUT2D eigenvalue weighted by atomic mass is 16.6. The molecule has 0 bridgehead atoms. The fourth-order valence-corrected chi connectivity index (χ4v) is 1.22. The molecule has 0 amide bonds. The van der Waals surface area contributed by atoms with E-state index in [-0.39, 0.29) is 12.3 Å². The van der Waals surface area contributed by atoms with Crippen molar-refractivity contribution in [3.05, 3.63) is 12.2 Å². The fraction of sp³-hybridized carbons (Fsp3) is 0.600. The smallest absolute Gasteiger partial charge is 0.321 e. The maximum Gasteiger partial charge on any atom is 0.321 e. The molecule has 1 heterocycles. The predicted octanol–water partition coefficient (Wildman–Crippen LogP) is 1.82. The number of carbonyl (C=O) groups is 2. The minimum Gasteiger partial charge on any atom is -0.393 e. The van der Waals surface area contributed by atoms with Crippen LogP contribution in [-0.2, 0) is 14.3 Å². The van der Waals surface area contributed by atoms with Gasteiger partial charge in [-0.2, -0.15) is 0 Å². The Morgan fingerprint density at radius 3 is 2.85 bits per heavy atom. The van der Waals surface area contributed by atoms with E-state index in [1.165, 1.54) is 0 Å². The lowest BCUT2D eigenvalue weighted by Crippen LogP contribution is -2.03. The van der Waals surface area contributed by atoms with Crippen LogP contribution >= 0.6 is 0 Å². The third-order valence-electron chi connectivity index (χ3n) is 2.00. The molecule has 0 N–H and O–H groups in total. The van der Waals surface area contributed by atoms with E-state index in [1.54, 1.807) is 6.08 Å². The number of hydrogen-bond donors (Lipinski definition) is 0. The highest BCUT2D eigenvalue weighted by molar-refractivity contribution is 5.95. The van der Waals surface area contributed by atoms with Crippen molar-refractivity contribution < 1.29 is 14.3 Å². The molecule has 1 rings (SSSR count). The molecule has 1 unspecified atom stereocenters. The Hall–Kier alpha value is -1.12. The molecule has 0 saturated carbocycles. The normalized spacial score (nSPS) is 22.7. The van der Waals surface area contributed by atoms with Crippen LogP contribution in [0.4, 0.5) is 0 Å². The Balaban J connectivity index is 2.32. The van der Waals surface area contributed by atoms with Crippen molar-refractivity contribution >= 4 is 11.9 Å². The molecule has 0 spiro atoms. The molecule has 0 aromatic rings. The highest BCUT2D eigenvalue weighted by Crippen LogP contribution is 2.17. The second-order valence-electron chi connectivity index (χ2n) is 3.17. The fourth-order valence-electron chi connectivity index (χ4n) is 1.22. The summed E-state index contributed by atoms with van der Waals surface area (Å²) in [7, 11) is 0. The maximum absolute atomic E-state index is 11.0. The van der Waals surface area contributed by atoms with Crippen LogP contribution in [0.2, 0.25) is 0 Å². The van der Waals surface area contributed by atoms with Gasteiger partial charge in [0.1, 0.15) is 0 Å². The van der Waals surface area contributed by atoms with E-state index in [2.05, 4.69) is 11.7 Å². The van der Waals surface area contributed by atoms with E-state index < -0.39 is 11.9 Å². The first-order valence-electron chi connectivity index (χ1n) is 4.65. The zero-order valence-electron chi connectivity index (χ0n) is 7.79. The largest absolute Gasteiger partial charge is 0.393 e. The molecule has 3 nitrogen and oxygen atoms in total. The van der Waals surface area contributed by atoms with Crippen LogP contribution in [0.3, 0.4) is 0 Å². The summed E-state index contributed by atoms with van der Waals surface area (Å²) >= 11 is 0. The summed E-state index contributed by atoms with van der Waals surface area (Å²) < 4.78 is 4.40. The van der Waals surface area contributed by atoms with Gasteiger partial charge in [-0.3, -0.25) is 9.59 Å². The Bertz CT molecular complexity index is 230. The zero-order valence-corrected chi connectivity index (χ0v) is 7.79. The Kier molecular flexibility index (Phi) is 3.68. The van der Waals surface area contributed by atoms with Crippen LogP contribution in [0, 0.1) is 5.92 Å². The molecular formula is C10H14O3. The molecule has 0 aromatic heterocycles. The van der Waals surface area contributed by atoms with E-state index in [9.17, 15) is 9.59 Å². The van der Waals surface area contributed by atoms with Crippen molar-refractivity contribution in [1.29, 1.82) is 0 Å². The number of hydrogen-bond acceptors (Lipinski definition) is 3. The molecular weight excluding hydrogens is 168 g/mol. The van der Waals surface area contributed by atoms with Crippen molar-refractivity contribution in [1.82, 2.24) is 0 Å². The van der Waals surface area contributed by atoms with E-state index >= 15 is 0 Å². The van der Waals surface area contributed by atoms with E-state index in [4.69, 9.17) is 0 Å². The molecule has 1 atom stereocenters. The Morgan fingerprint density at radius 1 is 1.54 bits per heavy atom. The number of allylic oxidation sites excluding steroid dienone is 1. The minimum atomic E-state index is -0.407. The number of ether oxygens (including phenoxy) is 1. The third-order valence-corrected chi connectivity index (χ3v) is 2.00. The Labute approximate surface area is 77.8 Å². The summed E-state index contributed by atoms with van der Waals surface area (Å²) in [4.78, 5) is 21.6. The summed E-state index contributed by atoms with van der Waals surface area (Å²) in [5.41, 5.74) is 0. The van der Waals surface area contributed by atoms with Gasteiger partial charge in [-0.05, 0) is 6.42 Å². The molecule has 72 valence electrons. The first kappa shape index (κ1) is 9.96. The summed E-state index contributed by atoms with van der Waals surface area (Å²) in [6.07, 6.45) is 7.16. The lowest BCUT2D eigenvalue weighted by molar-refractivity contribution is -0.152. The van der Waals surface area contributed by atoms with Crippen LogP contribution in [0.25, 0.3) is 0 Å². The number of cyclic esters (lactones) is 2. The summed E-state index contributed by atoms with van der Waals surface area (Å²) in [5.74, 6) is -1.14. The van der Waals surface area contributed by atoms with Crippen LogP contribution < -0.4 is 0 Å². The van der Waals surface area contributed by atoms with Gasteiger partial charge in [-0.25, -0.2) is 0 Å². The summed E-state index contributed by atoms with van der Waals surface area (Å²) in [6.45, 7) is 2.11. The average Bonchev–Trinajstić information content (AvgIpc) is 2.39. The van der Waals surface area contributed by atoms with Crippen LogP contribution in [0.5, 0.6) is 0 Å². The highest BCUT2D eigenvalue weighted by Gasteiger charge is 2.30. The van der Waals surface area contributed by atoms with E-state index in [0.29, 0.717) is 0 Å². The second kappa shape index (κ2) is 4.80. The average molecular weight is 182 g/mol. The van der Waals surface area contributed by atoms with Gasteiger partial charge >= 0.3 is 11.9 Å². The third kappa shape index (κ3) is 3.01. The topological polar surface area (TPSA) is 43.4 Å². The summed E-state index contributed by atoms with van der Waals surface area (Å²) in [5, 5.41) is 0. The number of unbranched alkanes of at least 4 members (excludes halogenated alkanes) is 2. The molecule has 13 heavy (non-hydrogen) atoms. The van der Waals surface area contributed by atoms with E-state index in [1.807, 2.05) is 6.08 Å². The second-order valence-corrected chi connectivity index (χ2v) is 3.17. The van der Waals surface area contributed by atoms with Gasteiger partial charge in [0.2, 0.25) is 0 Å². The first-order valence-corrected chi connectivity index (χ1v) is 4.65. The lowest BCUT2D eigenvalue weighted by atomic mass is 10.1. The van der Waals surface area contributed by atoms with Crippen molar-refractivity contribution in [3.63, 3.8) is 0 Å². The predicted molar refractivity (Wildman–Crippen MR) is 47.9 cm³/mol. The standard InChI is InChI=1S/C10H14O3/c1-2-3-4-5-6-8-7-9(11)13-10(8)12/h5-6,8H,2-4,7H2,1H3/b6-5-. The molecule has 1 fully saturated rings. The SMILES string of the molecule is CCCC/C=C\C1CC(=O)OC1=O. The maximum atomic E-state index is 11.0. The van der Waals surface area contributed by atoms with Crippen molar-refractivity contribution in [3.8, 4) is 0 Å². The Morgan fingerprint density at radius 2 is 2.31 bits per heavy atom. The van der Waals surface area contributed by atoms with Gasteiger partial charge in [0.15, 0.2) is 0 Å². The molecule has 1 aliphatic rings. The van der Waals surface area contributed by atoms with Crippen molar-refractivity contribution in [2.75, 3.05) is 0 Å². The first-order chi connectivity index (χ1) is 6.24.